The van der Waals surface area contributed by atoms with Crippen molar-refractivity contribution in [2.24, 2.45) is 7.05 Å². The van der Waals surface area contributed by atoms with Gasteiger partial charge in [0.2, 0.25) is 5.88 Å². The zero-order valence-electron chi connectivity index (χ0n) is 18.8. The predicted molar refractivity (Wildman–Crippen MR) is 129 cm³/mol. The molecule has 5 nitrogen and oxygen atoms in total. The first-order valence-corrected chi connectivity index (χ1v) is 11.5. The Bertz CT molecular complexity index is 1200. The smallest absolute Gasteiger partial charge is 0.264 e. The Labute approximate surface area is 192 Å². The molecule has 1 amide bonds. The molecule has 164 valence electrons. The Hall–Kier alpha value is -3.38. The lowest BCUT2D eigenvalue weighted by Crippen LogP contribution is -2.36. The monoisotopic (exact) mass is 445 g/mol. The number of aryl methyl sites for hydroxylation is 2. The summed E-state index contributed by atoms with van der Waals surface area (Å²) in [5.41, 5.74) is 3.81. The Balaban J connectivity index is 1.79. The second-order valence-electron chi connectivity index (χ2n) is 8.04. The molecule has 0 aliphatic rings. The molecular formula is C26H27N3O2S. The van der Waals surface area contributed by atoms with E-state index in [0.29, 0.717) is 12.4 Å². The van der Waals surface area contributed by atoms with Crippen LogP contribution >= 0.6 is 11.3 Å². The molecule has 0 unspecified atom stereocenters. The van der Waals surface area contributed by atoms with Crippen molar-refractivity contribution >= 4 is 17.2 Å². The molecule has 4 aromatic rings. The third-order valence-corrected chi connectivity index (χ3v) is 6.14. The number of nitrogens with zero attached hydrogens (tertiary/aromatic N) is 3. The Morgan fingerprint density at radius 2 is 1.88 bits per heavy atom. The molecule has 4 rings (SSSR count). The number of benzene rings is 2. The topological polar surface area (TPSA) is 47.4 Å². The summed E-state index contributed by atoms with van der Waals surface area (Å²) in [6.07, 6.45) is 0. The lowest BCUT2D eigenvalue weighted by atomic mass is 10.1. The van der Waals surface area contributed by atoms with Crippen molar-refractivity contribution < 1.29 is 9.53 Å². The number of amides is 1. The van der Waals surface area contributed by atoms with Gasteiger partial charge in [-0.15, -0.1) is 11.3 Å². The Morgan fingerprint density at radius 3 is 2.53 bits per heavy atom. The van der Waals surface area contributed by atoms with E-state index in [-0.39, 0.29) is 11.9 Å². The first-order chi connectivity index (χ1) is 15.4. The summed E-state index contributed by atoms with van der Waals surface area (Å²) < 4.78 is 8.10. The van der Waals surface area contributed by atoms with Gasteiger partial charge in [-0.3, -0.25) is 4.79 Å². The van der Waals surface area contributed by atoms with Crippen molar-refractivity contribution in [1.29, 1.82) is 0 Å². The van der Waals surface area contributed by atoms with E-state index in [0.717, 1.165) is 33.0 Å². The van der Waals surface area contributed by atoms with Crippen LogP contribution in [0.4, 0.5) is 0 Å². The standard InChI is InChI=1S/C26H27N3O2S/c1-18(2)29(25(30)23-14-9-15-32-23)17-22-24(20-11-6-5-7-12-20)27-28(4)26(22)31-21-13-8-10-19(3)16-21/h5-16,18H,17H2,1-4H3. The minimum atomic E-state index is 0.0133. The molecule has 2 aromatic carbocycles. The van der Waals surface area contributed by atoms with Crippen LogP contribution in [0.1, 0.15) is 34.6 Å². The van der Waals surface area contributed by atoms with Crippen molar-refractivity contribution in [3.05, 3.63) is 88.1 Å². The summed E-state index contributed by atoms with van der Waals surface area (Å²) in [5.74, 6) is 1.40. The molecule has 0 saturated carbocycles. The maximum atomic E-state index is 13.3. The third kappa shape index (κ3) is 4.60. The quantitative estimate of drug-likeness (QED) is 0.335. The second-order valence-corrected chi connectivity index (χ2v) is 8.99. The van der Waals surface area contributed by atoms with Crippen LogP contribution in [0.25, 0.3) is 11.3 Å². The molecule has 6 heteroatoms. The van der Waals surface area contributed by atoms with Crippen LogP contribution in [0.5, 0.6) is 11.6 Å². The lowest BCUT2D eigenvalue weighted by Gasteiger charge is -2.27. The van der Waals surface area contributed by atoms with Gasteiger partial charge in [0.05, 0.1) is 17.0 Å². The van der Waals surface area contributed by atoms with Gasteiger partial charge in [0.1, 0.15) is 11.4 Å². The number of ether oxygens (including phenoxy) is 1. The maximum absolute atomic E-state index is 13.3. The zero-order valence-corrected chi connectivity index (χ0v) is 19.6. The van der Waals surface area contributed by atoms with Crippen molar-refractivity contribution in [1.82, 2.24) is 14.7 Å². The van der Waals surface area contributed by atoms with E-state index in [1.807, 2.05) is 105 Å². The average molecular weight is 446 g/mol. The largest absolute Gasteiger partial charge is 0.439 e. The third-order valence-electron chi connectivity index (χ3n) is 5.28. The van der Waals surface area contributed by atoms with Gasteiger partial charge < -0.3 is 9.64 Å². The number of carbonyl (C=O) groups excluding carboxylic acids is 1. The first-order valence-electron chi connectivity index (χ1n) is 10.6. The summed E-state index contributed by atoms with van der Waals surface area (Å²) in [7, 11) is 1.88. The fourth-order valence-corrected chi connectivity index (χ4v) is 4.32. The van der Waals surface area contributed by atoms with Gasteiger partial charge in [0.15, 0.2) is 0 Å². The molecule has 2 aromatic heterocycles. The van der Waals surface area contributed by atoms with Crippen molar-refractivity contribution in [2.45, 2.75) is 33.4 Å². The van der Waals surface area contributed by atoms with Gasteiger partial charge in [-0.1, -0.05) is 48.5 Å². The van der Waals surface area contributed by atoms with Crippen LogP contribution in [0.2, 0.25) is 0 Å². The van der Waals surface area contributed by atoms with Gasteiger partial charge in [0.25, 0.3) is 5.91 Å². The maximum Gasteiger partial charge on any atom is 0.264 e. The number of hydrogen-bond donors (Lipinski definition) is 0. The SMILES string of the molecule is Cc1cccc(Oc2c(CN(C(=O)c3cccs3)C(C)C)c(-c3ccccc3)nn2C)c1. The minimum Gasteiger partial charge on any atom is -0.439 e. The molecule has 0 saturated heterocycles. The second kappa shape index (κ2) is 9.40. The van der Waals surface area contributed by atoms with E-state index in [1.165, 1.54) is 11.3 Å². The Kier molecular flexibility index (Phi) is 6.42. The van der Waals surface area contributed by atoms with E-state index < -0.39 is 0 Å². The number of thiophene rings is 1. The van der Waals surface area contributed by atoms with Crippen LogP contribution < -0.4 is 4.74 Å². The van der Waals surface area contributed by atoms with E-state index in [1.54, 1.807) is 4.68 Å². The minimum absolute atomic E-state index is 0.0133. The van der Waals surface area contributed by atoms with Crippen LogP contribution in [0.3, 0.4) is 0 Å². The number of rotatable bonds is 7. The molecule has 2 heterocycles. The molecule has 32 heavy (non-hydrogen) atoms. The summed E-state index contributed by atoms with van der Waals surface area (Å²) in [6, 6.07) is 21.8. The van der Waals surface area contributed by atoms with Gasteiger partial charge in [-0.25, -0.2) is 4.68 Å². The predicted octanol–water partition coefficient (Wildman–Crippen LogP) is 6.30. The normalized spacial score (nSPS) is 11.0. The molecule has 0 radical (unpaired) electrons. The highest BCUT2D eigenvalue weighted by atomic mass is 32.1. The molecule has 0 atom stereocenters. The van der Waals surface area contributed by atoms with Gasteiger partial charge >= 0.3 is 0 Å². The van der Waals surface area contributed by atoms with E-state index in [4.69, 9.17) is 9.84 Å². The molecule has 0 spiro atoms. The summed E-state index contributed by atoms with van der Waals surface area (Å²) in [6.45, 7) is 6.50. The number of aromatic nitrogens is 2. The van der Waals surface area contributed by atoms with Crippen LogP contribution in [0, 0.1) is 6.92 Å². The average Bonchev–Trinajstić information content (AvgIpc) is 3.41. The molecule has 0 N–H and O–H groups in total. The summed E-state index contributed by atoms with van der Waals surface area (Å²) >= 11 is 1.46. The van der Waals surface area contributed by atoms with Gasteiger partial charge in [0, 0.05) is 18.7 Å². The fraction of sp³-hybridized carbons (Fsp3) is 0.231. The van der Waals surface area contributed by atoms with Gasteiger partial charge in [-0.05, 0) is 49.9 Å². The van der Waals surface area contributed by atoms with Crippen molar-refractivity contribution in [3.8, 4) is 22.9 Å². The lowest BCUT2D eigenvalue weighted by molar-refractivity contribution is 0.0694. The molecule has 0 fully saturated rings. The van der Waals surface area contributed by atoms with Crippen LogP contribution in [-0.4, -0.2) is 26.6 Å². The highest BCUT2D eigenvalue weighted by Gasteiger charge is 2.27. The first kappa shape index (κ1) is 21.8. The van der Waals surface area contributed by atoms with E-state index in [9.17, 15) is 4.79 Å². The fourth-order valence-electron chi connectivity index (χ4n) is 3.64. The van der Waals surface area contributed by atoms with Crippen LogP contribution in [0.15, 0.2) is 72.1 Å². The summed E-state index contributed by atoms with van der Waals surface area (Å²) in [4.78, 5) is 15.9. The molecule has 0 bridgehead atoms. The zero-order chi connectivity index (χ0) is 22.7. The van der Waals surface area contributed by atoms with E-state index >= 15 is 0 Å². The number of carbonyl (C=O) groups is 1. The van der Waals surface area contributed by atoms with Crippen LogP contribution in [-0.2, 0) is 13.6 Å². The van der Waals surface area contributed by atoms with E-state index in [2.05, 4.69) is 0 Å². The van der Waals surface area contributed by atoms with Gasteiger partial charge in [-0.2, -0.15) is 5.10 Å². The highest BCUT2D eigenvalue weighted by Crippen LogP contribution is 2.35. The molecule has 0 aliphatic heterocycles. The molecule has 0 aliphatic carbocycles. The Morgan fingerprint density at radius 1 is 1.09 bits per heavy atom. The highest BCUT2D eigenvalue weighted by molar-refractivity contribution is 7.12. The molecular weight excluding hydrogens is 418 g/mol. The summed E-state index contributed by atoms with van der Waals surface area (Å²) in [5, 5.41) is 6.72. The number of hydrogen-bond acceptors (Lipinski definition) is 4. The van der Waals surface area contributed by atoms with Crippen molar-refractivity contribution in [3.63, 3.8) is 0 Å². The van der Waals surface area contributed by atoms with Crippen molar-refractivity contribution in [2.75, 3.05) is 0 Å².